The summed E-state index contributed by atoms with van der Waals surface area (Å²) >= 11 is 6.04. The summed E-state index contributed by atoms with van der Waals surface area (Å²) in [6, 6.07) is 12.0. The molecule has 2 aromatic carbocycles. The molecule has 3 aromatic rings. The van der Waals surface area contributed by atoms with E-state index in [2.05, 4.69) is 10.2 Å². The molecular weight excluding hydrogens is 423 g/mol. The number of halogens is 2. The van der Waals surface area contributed by atoms with Gasteiger partial charge in [0.15, 0.2) is 0 Å². The Balaban J connectivity index is 1.43. The molecule has 0 aliphatic heterocycles. The highest BCUT2D eigenvalue weighted by Crippen LogP contribution is 2.24. The van der Waals surface area contributed by atoms with Crippen LogP contribution in [0.4, 0.5) is 10.1 Å². The Labute approximate surface area is 184 Å². The number of hydrogen-bond donors (Lipinski definition) is 1. The number of nitro groups is 1. The van der Waals surface area contributed by atoms with Gasteiger partial charge >= 0.3 is 0 Å². The van der Waals surface area contributed by atoms with Crippen LogP contribution in [0.1, 0.15) is 35.3 Å². The second-order valence-corrected chi connectivity index (χ2v) is 7.65. The predicted octanol–water partition coefficient (Wildman–Crippen LogP) is 5.26. The van der Waals surface area contributed by atoms with Crippen LogP contribution in [0.2, 0.25) is 5.02 Å². The average Bonchev–Trinajstić information content (AvgIpc) is 3.22. The average molecular weight is 445 g/mol. The first-order chi connectivity index (χ1) is 14.8. The molecular formula is C22H22ClFN4O3. The summed E-state index contributed by atoms with van der Waals surface area (Å²) in [6.45, 7) is 0.552. The number of H-pyrrole nitrogens is 1. The van der Waals surface area contributed by atoms with Crippen molar-refractivity contribution in [2.24, 2.45) is 0 Å². The fourth-order valence-electron chi connectivity index (χ4n) is 3.20. The SMILES string of the molecule is CN(CCCCCc1cc(-c2ccc(F)cc2)n[nH]1)C(=O)c1ccc([N+](=O)[O-])cc1Cl. The number of aromatic nitrogens is 2. The summed E-state index contributed by atoms with van der Waals surface area (Å²) in [4.78, 5) is 24.3. The highest BCUT2D eigenvalue weighted by atomic mass is 35.5. The molecule has 0 bridgehead atoms. The van der Waals surface area contributed by atoms with Crippen LogP contribution < -0.4 is 0 Å². The van der Waals surface area contributed by atoms with Gasteiger partial charge in [-0.25, -0.2) is 4.39 Å². The molecule has 0 unspecified atom stereocenters. The van der Waals surface area contributed by atoms with Gasteiger partial charge < -0.3 is 4.90 Å². The molecule has 7 nitrogen and oxygen atoms in total. The molecule has 31 heavy (non-hydrogen) atoms. The standard InChI is InChI=1S/C22H22ClFN4O3/c1-27(22(29)19-11-10-18(28(30)31)14-20(19)23)12-4-2-3-5-17-13-21(26-25-17)15-6-8-16(24)9-7-15/h6-11,13-14H,2-5,12H2,1H3,(H,25,26). The highest BCUT2D eigenvalue weighted by Gasteiger charge is 2.18. The summed E-state index contributed by atoms with van der Waals surface area (Å²) in [6.07, 6.45) is 3.47. The zero-order valence-electron chi connectivity index (χ0n) is 17.0. The summed E-state index contributed by atoms with van der Waals surface area (Å²) in [5.74, 6) is -0.545. The lowest BCUT2D eigenvalue weighted by Gasteiger charge is -2.17. The number of amides is 1. The van der Waals surface area contributed by atoms with Gasteiger partial charge in [-0.15, -0.1) is 0 Å². The number of aromatic amines is 1. The first-order valence-corrected chi connectivity index (χ1v) is 10.2. The zero-order valence-corrected chi connectivity index (χ0v) is 17.7. The van der Waals surface area contributed by atoms with Crippen molar-refractivity contribution >= 4 is 23.2 Å². The quantitative estimate of drug-likeness (QED) is 0.276. The monoisotopic (exact) mass is 444 g/mol. The van der Waals surface area contributed by atoms with Crippen molar-refractivity contribution in [3.05, 3.63) is 80.7 Å². The van der Waals surface area contributed by atoms with Gasteiger partial charge in [0.25, 0.3) is 11.6 Å². The smallest absolute Gasteiger partial charge is 0.270 e. The van der Waals surface area contributed by atoms with E-state index in [-0.39, 0.29) is 28.0 Å². The zero-order chi connectivity index (χ0) is 22.4. The lowest BCUT2D eigenvalue weighted by Crippen LogP contribution is -2.28. The van der Waals surface area contributed by atoms with Gasteiger partial charge in [-0.1, -0.05) is 18.0 Å². The minimum atomic E-state index is -0.549. The Kier molecular flexibility index (Phi) is 7.36. The molecule has 1 heterocycles. The first-order valence-electron chi connectivity index (χ1n) is 9.85. The largest absolute Gasteiger partial charge is 0.342 e. The van der Waals surface area contributed by atoms with Gasteiger partial charge in [-0.3, -0.25) is 20.0 Å². The normalized spacial score (nSPS) is 10.8. The van der Waals surface area contributed by atoms with Crippen molar-refractivity contribution in [1.82, 2.24) is 15.1 Å². The van der Waals surface area contributed by atoms with Crippen molar-refractivity contribution in [3.8, 4) is 11.3 Å². The fourth-order valence-corrected chi connectivity index (χ4v) is 3.45. The maximum atomic E-state index is 13.0. The molecule has 0 aliphatic rings. The number of benzene rings is 2. The number of hydrogen-bond acceptors (Lipinski definition) is 4. The van der Waals surface area contributed by atoms with Crippen LogP contribution in [0, 0.1) is 15.9 Å². The lowest BCUT2D eigenvalue weighted by molar-refractivity contribution is -0.384. The van der Waals surface area contributed by atoms with E-state index in [1.54, 1.807) is 24.1 Å². The molecule has 0 fully saturated rings. The van der Waals surface area contributed by atoms with E-state index in [0.717, 1.165) is 42.6 Å². The highest BCUT2D eigenvalue weighted by molar-refractivity contribution is 6.34. The number of aryl methyl sites for hydroxylation is 1. The summed E-state index contributed by atoms with van der Waals surface area (Å²) < 4.78 is 13.0. The molecule has 9 heteroatoms. The molecule has 0 saturated carbocycles. The molecule has 1 N–H and O–H groups in total. The van der Waals surface area contributed by atoms with Crippen LogP contribution >= 0.6 is 11.6 Å². The molecule has 0 saturated heterocycles. The van der Waals surface area contributed by atoms with Crippen LogP contribution in [-0.2, 0) is 6.42 Å². The van der Waals surface area contributed by atoms with Crippen LogP contribution in [0.25, 0.3) is 11.3 Å². The van der Waals surface area contributed by atoms with Gasteiger partial charge in [0.05, 0.1) is 21.2 Å². The molecule has 0 radical (unpaired) electrons. The lowest BCUT2D eigenvalue weighted by atomic mass is 10.1. The molecule has 3 rings (SSSR count). The van der Waals surface area contributed by atoms with Crippen LogP contribution in [0.15, 0.2) is 48.5 Å². The Morgan fingerprint density at radius 1 is 1.16 bits per heavy atom. The van der Waals surface area contributed by atoms with E-state index in [1.807, 2.05) is 6.07 Å². The molecule has 1 aromatic heterocycles. The number of unbranched alkanes of at least 4 members (excludes halogenated alkanes) is 2. The van der Waals surface area contributed by atoms with Gasteiger partial charge in [-0.05, 0) is 55.7 Å². The number of carbonyl (C=O) groups excluding carboxylic acids is 1. The van der Waals surface area contributed by atoms with Crippen LogP contribution in [0.5, 0.6) is 0 Å². The molecule has 0 spiro atoms. The number of rotatable bonds is 9. The van der Waals surface area contributed by atoms with E-state index in [4.69, 9.17) is 11.6 Å². The van der Waals surface area contributed by atoms with E-state index in [9.17, 15) is 19.3 Å². The van der Waals surface area contributed by atoms with E-state index < -0.39 is 4.92 Å². The third-order valence-corrected chi connectivity index (χ3v) is 5.26. The van der Waals surface area contributed by atoms with Crippen LogP contribution in [0.3, 0.4) is 0 Å². The Hall–Kier alpha value is -3.26. The fraction of sp³-hybridized carbons (Fsp3) is 0.273. The van der Waals surface area contributed by atoms with Crippen molar-refractivity contribution in [2.45, 2.75) is 25.7 Å². The number of nitrogens with zero attached hydrogens (tertiary/aromatic N) is 3. The second kappa shape index (κ2) is 10.2. The van der Waals surface area contributed by atoms with Gasteiger partial charge in [0, 0.05) is 37.0 Å². The maximum Gasteiger partial charge on any atom is 0.270 e. The number of nitro benzene ring substituents is 1. The molecule has 1 amide bonds. The van der Waals surface area contributed by atoms with E-state index >= 15 is 0 Å². The third kappa shape index (κ3) is 5.88. The molecule has 0 aliphatic carbocycles. The third-order valence-electron chi connectivity index (χ3n) is 4.95. The van der Waals surface area contributed by atoms with Gasteiger partial charge in [0.2, 0.25) is 0 Å². The minimum Gasteiger partial charge on any atom is -0.342 e. The van der Waals surface area contributed by atoms with Crippen molar-refractivity contribution in [2.75, 3.05) is 13.6 Å². The van der Waals surface area contributed by atoms with Gasteiger partial charge in [0.1, 0.15) is 5.82 Å². The minimum absolute atomic E-state index is 0.0715. The summed E-state index contributed by atoms with van der Waals surface area (Å²) in [5, 5.41) is 18.1. The number of non-ortho nitro benzene ring substituents is 1. The molecule has 162 valence electrons. The second-order valence-electron chi connectivity index (χ2n) is 7.24. The Morgan fingerprint density at radius 3 is 2.58 bits per heavy atom. The topological polar surface area (TPSA) is 92.1 Å². The van der Waals surface area contributed by atoms with E-state index in [1.165, 1.54) is 30.3 Å². The molecule has 0 atom stereocenters. The summed E-state index contributed by atoms with van der Waals surface area (Å²) in [5.41, 5.74) is 2.74. The van der Waals surface area contributed by atoms with Crippen molar-refractivity contribution in [3.63, 3.8) is 0 Å². The summed E-state index contributed by atoms with van der Waals surface area (Å²) in [7, 11) is 1.68. The number of nitrogens with one attached hydrogen (secondary N) is 1. The maximum absolute atomic E-state index is 13.0. The van der Waals surface area contributed by atoms with Crippen LogP contribution in [-0.4, -0.2) is 39.5 Å². The first kappa shape index (κ1) is 22.4. The Morgan fingerprint density at radius 2 is 1.90 bits per heavy atom. The predicted molar refractivity (Wildman–Crippen MR) is 117 cm³/mol. The van der Waals surface area contributed by atoms with Gasteiger partial charge in [-0.2, -0.15) is 5.10 Å². The van der Waals surface area contributed by atoms with Crippen molar-refractivity contribution < 1.29 is 14.1 Å². The van der Waals surface area contributed by atoms with Crippen molar-refractivity contribution in [1.29, 1.82) is 0 Å². The number of carbonyl (C=O) groups is 1. The van der Waals surface area contributed by atoms with E-state index in [0.29, 0.717) is 6.54 Å². The Bertz CT molecular complexity index is 1070.